The molecule has 33 heavy (non-hydrogen) atoms. The van der Waals surface area contributed by atoms with E-state index >= 15 is 0 Å². The Morgan fingerprint density at radius 1 is 1.03 bits per heavy atom. The van der Waals surface area contributed by atoms with Crippen LogP contribution in [0.5, 0.6) is 11.5 Å². The van der Waals surface area contributed by atoms with Gasteiger partial charge in [0.15, 0.2) is 26.1 Å². The molecule has 0 aliphatic rings. The van der Waals surface area contributed by atoms with Gasteiger partial charge in [-0.05, 0) is 17.7 Å². The molecule has 0 unspecified atom stereocenters. The van der Waals surface area contributed by atoms with Gasteiger partial charge in [-0.3, -0.25) is 9.59 Å². The van der Waals surface area contributed by atoms with E-state index in [1.807, 2.05) is 0 Å². The Morgan fingerprint density at radius 3 is 2.24 bits per heavy atom. The average Bonchev–Trinajstić information content (AvgIpc) is 3.13. The maximum Gasteiger partial charge on any atom is 0.325 e. The third kappa shape index (κ3) is 5.42. The summed E-state index contributed by atoms with van der Waals surface area (Å²) in [6, 6.07) is 9.62. The number of rotatable bonds is 8. The smallest absolute Gasteiger partial charge is 0.325 e. The molecule has 3 rings (SSSR count). The fraction of sp³-hybridized carbons (Fsp3) is 0.318. The zero-order chi connectivity index (χ0) is 24.2. The van der Waals surface area contributed by atoms with Crippen LogP contribution in [-0.4, -0.2) is 51.9 Å². The van der Waals surface area contributed by atoms with E-state index in [1.165, 1.54) is 44.8 Å². The van der Waals surface area contributed by atoms with Gasteiger partial charge in [-0.25, -0.2) is 8.42 Å². The second kappa shape index (κ2) is 10.2. The molecule has 0 bridgehead atoms. The molecular weight excluding hydrogens is 468 g/mol. The molecule has 0 saturated heterocycles. The minimum atomic E-state index is -3.31. The topological polar surface area (TPSA) is 113 Å². The first kappa shape index (κ1) is 24.5. The molecule has 0 atom stereocenters. The highest BCUT2D eigenvalue weighted by Gasteiger charge is 2.16. The minimum absolute atomic E-state index is 0.00229. The van der Waals surface area contributed by atoms with Gasteiger partial charge in [-0.1, -0.05) is 30.4 Å². The van der Waals surface area contributed by atoms with E-state index in [1.54, 1.807) is 35.8 Å². The normalized spacial score (nSPS) is 12.1. The van der Waals surface area contributed by atoms with Crippen LogP contribution in [0.15, 0.2) is 46.3 Å². The predicted octanol–water partition coefficient (Wildman–Crippen LogP) is 2.36. The number of aromatic nitrogens is 1. The molecular formula is C22H24N2O7S2. The summed E-state index contributed by atoms with van der Waals surface area (Å²) in [4.78, 5) is 29.4. The van der Waals surface area contributed by atoms with Gasteiger partial charge in [0.1, 0.15) is 6.54 Å². The fourth-order valence-electron chi connectivity index (χ4n) is 3.13. The number of carbonyl (C=O) groups excluding carboxylic acids is 2. The van der Waals surface area contributed by atoms with E-state index < -0.39 is 21.7 Å². The van der Waals surface area contributed by atoms with Crippen molar-refractivity contribution in [3.05, 3.63) is 46.8 Å². The fourth-order valence-corrected chi connectivity index (χ4v) is 5.07. The zero-order valence-corrected chi connectivity index (χ0v) is 20.3. The summed E-state index contributed by atoms with van der Waals surface area (Å²) >= 11 is 1.23. The molecule has 1 heterocycles. The molecule has 0 aliphatic heterocycles. The summed E-state index contributed by atoms with van der Waals surface area (Å²) in [5.74, 6) is 0.0525. The second-order valence-electron chi connectivity index (χ2n) is 6.95. The molecule has 0 radical (unpaired) electrons. The number of hydrogen-bond donors (Lipinski definition) is 0. The maximum absolute atomic E-state index is 12.7. The number of nitrogens with zero attached hydrogens (tertiary/aromatic N) is 2. The summed E-state index contributed by atoms with van der Waals surface area (Å²) in [6.45, 7) is 1.44. The van der Waals surface area contributed by atoms with Crippen LogP contribution >= 0.6 is 11.3 Å². The monoisotopic (exact) mass is 492 g/mol. The molecule has 0 spiro atoms. The first-order chi connectivity index (χ1) is 15.7. The van der Waals surface area contributed by atoms with Crippen molar-refractivity contribution in [3.63, 3.8) is 0 Å². The van der Waals surface area contributed by atoms with Crippen molar-refractivity contribution in [2.75, 3.05) is 27.1 Å². The first-order valence-electron chi connectivity index (χ1n) is 9.93. The molecule has 9 nitrogen and oxygen atoms in total. The van der Waals surface area contributed by atoms with Gasteiger partial charge in [-0.15, -0.1) is 0 Å². The van der Waals surface area contributed by atoms with Gasteiger partial charge >= 0.3 is 5.97 Å². The number of esters is 1. The van der Waals surface area contributed by atoms with Crippen molar-refractivity contribution >= 4 is 43.3 Å². The quantitative estimate of drug-likeness (QED) is 0.444. The summed E-state index contributed by atoms with van der Waals surface area (Å²) < 4.78 is 41.7. The third-order valence-corrected chi connectivity index (χ3v) is 7.73. The van der Waals surface area contributed by atoms with Gasteiger partial charge in [0, 0.05) is 12.1 Å². The Hall–Kier alpha value is -3.18. The molecule has 0 fully saturated rings. The van der Waals surface area contributed by atoms with Gasteiger partial charge in [0.2, 0.25) is 0 Å². The molecule has 0 aliphatic carbocycles. The van der Waals surface area contributed by atoms with Crippen molar-refractivity contribution in [1.82, 2.24) is 4.57 Å². The number of hydrogen-bond acceptors (Lipinski definition) is 8. The van der Waals surface area contributed by atoms with Crippen molar-refractivity contribution in [3.8, 4) is 11.5 Å². The number of amides is 1. The molecule has 3 aromatic rings. The number of thiazole rings is 1. The van der Waals surface area contributed by atoms with Crippen LogP contribution in [0.25, 0.3) is 10.2 Å². The highest BCUT2D eigenvalue weighted by molar-refractivity contribution is 7.91. The van der Waals surface area contributed by atoms with Crippen molar-refractivity contribution < 1.29 is 32.2 Å². The lowest BCUT2D eigenvalue weighted by molar-refractivity contribution is -0.141. The zero-order valence-electron chi connectivity index (χ0n) is 18.7. The van der Waals surface area contributed by atoms with E-state index in [0.29, 0.717) is 27.4 Å². The van der Waals surface area contributed by atoms with E-state index in [9.17, 15) is 18.0 Å². The SMILES string of the molecule is CCS(=O)(=O)c1ccc(CC(=O)N=c2sc3cc(OC)c(OC)cc3n2CC(=O)OC)cc1. The lowest BCUT2D eigenvalue weighted by Crippen LogP contribution is -2.22. The van der Waals surface area contributed by atoms with Crippen LogP contribution in [0.1, 0.15) is 12.5 Å². The summed E-state index contributed by atoms with van der Waals surface area (Å²) in [5.41, 5.74) is 1.27. The van der Waals surface area contributed by atoms with Crippen LogP contribution in [0.4, 0.5) is 0 Å². The molecule has 0 saturated carbocycles. The maximum atomic E-state index is 12.7. The van der Waals surface area contributed by atoms with E-state index in [4.69, 9.17) is 14.2 Å². The number of sulfone groups is 1. The lowest BCUT2D eigenvalue weighted by atomic mass is 10.1. The Morgan fingerprint density at radius 2 is 1.67 bits per heavy atom. The second-order valence-corrected chi connectivity index (χ2v) is 10.2. The number of ether oxygens (including phenoxy) is 3. The van der Waals surface area contributed by atoms with E-state index in [0.717, 1.165) is 4.70 Å². The van der Waals surface area contributed by atoms with Crippen LogP contribution in [0.3, 0.4) is 0 Å². The Balaban J connectivity index is 2.00. The Kier molecular flexibility index (Phi) is 7.54. The lowest BCUT2D eigenvalue weighted by Gasteiger charge is -2.09. The van der Waals surface area contributed by atoms with Gasteiger partial charge < -0.3 is 18.8 Å². The standard InChI is InChI=1S/C22H24N2O7S2/c1-5-33(27,28)15-8-6-14(7-9-15)10-20(25)23-22-24(13-21(26)31-4)16-11-17(29-2)18(30-3)12-19(16)32-22/h6-9,11-12H,5,10,13H2,1-4H3. The van der Waals surface area contributed by atoms with Crippen LogP contribution in [0, 0.1) is 0 Å². The largest absolute Gasteiger partial charge is 0.493 e. The number of benzene rings is 2. The van der Waals surface area contributed by atoms with Crippen molar-refractivity contribution in [1.29, 1.82) is 0 Å². The minimum Gasteiger partial charge on any atom is -0.493 e. The van der Waals surface area contributed by atoms with E-state index in [-0.39, 0.29) is 23.6 Å². The van der Waals surface area contributed by atoms with Crippen LogP contribution < -0.4 is 14.3 Å². The van der Waals surface area contributed by atoms with E-state index in [2.05, 4.69) is 4.99 Å². The number of fused-ring (bicyclic) bond motifs is 1. The van der Waals surface area contributed by atoms with Crippen LogP contribution in [-0.2, 0) is 37.1 Å². The molecule has 0 N–H and O–H groups in total. The number of carbonyl (C=O) groups is 2. The highest BCUT2D eigenvalue weighted by Crippen LogP contribution is 2.33. The van der Waals surface area contributed by atoms with Crippen molar-refractivity contribution in [2.45, 2.75) is 24.8 Å². The number of methoxy groups -OCH3 is 3. The van der Waals surface area contributed by atoms with Gasteiger partial charge in [-0.2, -0.15) is 4.99 Å². The molecule has 1 amide bonds. The molecule has 176 valence electrons. The molecule has 1 aromatic heterocycles. The predicted molar refractivity (Wildman–Crippen MR) is 123 cm³/mol. The summed E-state index contributed by atoms with van der Waals surface area (Å²) in [5, 5.41) is 0. The van der Waals surface area contributed by atoms with Crippen molar-refractivity contribution in [2.24, 2.45) is 4.99 Å². The summed E-state index contributed by atoms with van der Waals surface area (Å²) in [7, 11) is 0.997. The van der Waals surface area contributed by atoms with Gasteiger partial charge in [0.05, 0.1) is 48.6 Å². The summed E-state index contributed by atoms with van der Waals surface area (Å²) in [6.07, 6.45) is -0.0223. The van der Waals surface area contributed by atoms with Crippen LogP contribution in [0.2, 0.25) is 0 Å². The van der Waals surface area contributed by atoms with Gasteiger partial charge in [0.25, 0.3) is 5.91 Å². The molecule has 2 aromatic carbocycles. The first-order valence-corrected chi connectivity index (χ1v) is 12.4. The Labute approximate surface area is 195 Å². The molecule has 11 heteroatoms. The third-order valence-electron chi connectivity index (χ3n) is 4.94. The Bertz CT molecular complexity index is 1350. The highest BCUT2D eigenvalue weighted by atomic mass is 32.2. The average molecular weight is 493 g/mol.